The van der Waals surface area contributed by atoms with Gasteiger partial charge in [0.1, 0.15) is 12.0 Å². The van der Waals surface area contributed by atoms with Crippen molar-refractivity contribution in [3.8, 4) is 16.9 Å². The smallest absolute Gasteiger partial charge is 0.255 e. The molecule has 2 aromatic carbocycles. The fourth-order valence-electron chi connectivity index (χ4n) is 4.76. The van der Waals surface area contributed by atoms with Crippen molar-refractivity contribution in [1.29, 1.82) is 0 Å². The van der Waals surface area contributed by atoms with E-state index in [0.717, 1.165) is 42.4 Å². The number of hydrogen-bond acceptors (Lipinski definition) is 7. The molecule has 1 fully saturated rings. The number of carbonyl (C=O) groups excluding carboxylic acids is 1. The molecule has 2 unspecified atom stereocenters. The van der Waals surface area contributed by atoms with Gasteiger partial charge in [-0.3, -0.25) is 14.2 Å². The van der Waals surface area contributed by atoms with Crippen molar-refractivity contribution in [2.75, 3.05) is 26.0 Å². The summed E-state index contributed by atoms with van der Waals surface area (Å²) in [6.07, 6.45) is 2.63. The van der Waals surface area contributed by atoms with Crippen LogP contribution in [0.1, 0.15) is 54.3 Å². The topological polar surface area (TPSA) is 135 Å². The molecular formula is C29H34N2O7S. The second-order valence-electron chi connectivity index (χ2n) is 10.3. The van der Waals surface area contributed by atoms with Crippen LogP contribution in [0.15, 0.2) is 71.7 Å². The van der Waals surface area contributed by atoms with E-state index in [2.05, 4.69) is 17.4 Å². The number of para-hydroxylation sites is 1. The molecule has 10 heteroatoms. The monoisotopic (exact) mass is 554 g/mol. The molecule has 1 aliphatic heterocycles. The summed E-state index contributed by atoms with van der Waals surface area (Å²) in [6, 6.07) is 17.1. The maximum absolute atomic E-state index is 12.9. The van der Waals surface area contributed by atoms with Crippen LogP contribution in [0.3, 0.4) is 0 Å². The number of hydrogen-bond donors (Lipinski definition) is 3. The number of phenolic OH excluding ortho intramolecular Hbond substituents is 1. The van der Waals surface area contributed by atoms with Crippen molar-refractivity contribution < 1.29 is 28.2 Å². The van der Waals surface area contributed by atoms with Crippen LogP contribution in [0.25, 0.3) is 11.1 Å². The maximum atomic E-state index is 12.9. The summed E-state index contributed by atoms with van der Waals surface area (Å²) < 4.78 is 30.3. The van der Waals surface area contributed by atoms with Crippen LogP contribution in [0.2, 0.25) is 0 Å². The maximum Gasteiger partial charge on any atom is 0.255 e. The van der Waals surface area contributed by atoms with Gasteiger partial charge in [0.05, 0.1) is 10.3 Å². The Morgan fingerprint density at radius 3 is 2.38 bits per heavy atom. The number of sulfone groups is 1. The van der Waals surface area contributed by atoms with Crippen LogP contribution in [-0.2, 0) is 14.6 Å². The lowest BCUT2D eigenvalue weighted by molar-refractivity contribution is 0.0767. The third-order valence-corrected chi connectivity index (χ3v) is 9.59. The molecule has 0 spiro atoms. The summed E-state index contributed by atoms with van der Waals surface area (Å²) >= 11 is 0. The van der Waals surface area contributed by atoms with E-state index in [4.69, 9.17) is 4.74 Å². The van der Waals surface area contributed by atoms with Gasteiger partial charge in [-0.15, -0.1) is 0 Å². The molecule has 1 amide bonds. The standard InChI is InChI=1S/C29H34N2O7S/c1-29(39(2,36)37,19-30-28(35)24-5-3-4-6-25(24)32)18-27(34)31-14-11-23(17-26(31)33)21-9-7-20(8-10-21)22-12-15-38-16-13-22/h3-11,14,17,22,27,32,34H,12-13,15-16,18-19H2,1-2H3,(H,30,35). The van der Waals surface area contributed by atoms with Crippen LogP contribution in [0, 0.1) is 0 Å². The molecule has 208 valence electrons. The number of benzene rings is 2. The number of amides is 1. The largest absolute Gasteiger partial charge is 0.507 e. The number of aromatic hydroxyl groups is 1. The number of pyridine rings is 1. The van der Waals surface area contributed by atoms with E-state index in [9.17, 15) is 28.2 Å². The molecule has 0 saturated carbocycles. The SMILES string of the molecule is CC(CNC(=O)c1ccccc1O)(CC(O)n1ccc(-c2ccc(C3CCOCC3)cc2)cc1=O)S(C)(=O)=O. The summed E-state index contributed by atoms with van der Waals surface area (Å²) in [7, 11) is -3.79. The number of ether oxygens (including phenoxy) is 1. The van der Waals surface area contributed by atoms with Crippen molar-refractivity contribution in [1.82, 2.24) is 9.88 Å². The Labute approximate surface area is 228 Å². The number of aromatic nitrogens is 1. The van der Waals surface area contributed by atoms with Gasteiger partial charge in [-0.2, -0.15) is 0 Å². The molecule has 2 heterocycles. The summed E-state index contributed by atoms with van der Waals surface area (Å²) in [6.45, 7) is 2.58. The first kappa shape index (κ1) is 28.5. The molecule has 0 bridgehead atoms. The predicted octanol–water partition coefficient (Wildman–Crippen LogP) is 3.23. The molecule has 4 rings (SSSR count). The van der Waals surface area contributed by atoms with E-state index < -0.39 is 32.3 Å². The number of nitrogens with one attached hydrogen (secondary N) is 1. The molecule has 3 N–H and O–H groups in total. The van der Waals surface area contributed by atoms with Crippen molar-refractivity contribution >= 4 is 15.7 Å². The zero-order chi connectivity index (χ0) is 28.2. The number of phenols is 1. The lowest BCUT2D eigenvalue weighted by atomic mass is 9.90. The van der Waals surface area contributed by atoms with Gasteiger partial charge >= 0.3 is 0 Å². The first-order chi connectivity index (χ1) is 18.5. The minimum atomic E-state index is -3.79. The third kappa shape index (κ3) is 6.58. The Morgan fingerprint density at radius 1 is 1.10 bits per heavy atom. The van der Waals surface area contributed by atoms with Crippen molar-refractivity contribution in [3.05, 3.63) is 88.3 Å². The second-order valence-corrected chi connectivity index (χ2v) is 12.8. The summed E-state index contributed by atoms with van der Waals surface area (Å²) in [5.74, 6) is -0.425. The summed E-state index contributed by atoms with van der Waals surface area (Å²) in [4.78, 5) is 25.5. The van der Waals surface area contributed by atoms with Crippen LogP contribution in [0.4, 0.5) is 0 Å². The Bertz CT molecular complexity index is 1480. The predicted molar refractivity (Wildman–Crippen MR) is 148 cm³/mol. The average molecular weight is 555 g/mol. The summed E-state index contributed by atoms with van der Waals surface area (Å²) in [5, 5.41) is 23.3. The van der Waals surface area contributed by atoms with Gasteiger partial charge in [0, 0.05) is 44.7 Å². The van der Waals surface area contributed by atoms with E-state index in [-0.39, 0.29) is 24.3 Å². The van der Waals surface area contributed by atoms with Gasteiger partial charge in [0.15, 0.2) is 9.84 Å². The van der Waals surface area contributed by atoms with Crippen LogP contribution in [0.5, 0.6) is 5.75 Å². The van der Waals surface area contributed by atoms with Crippen molar-refractivity contribution in [2.45, 2.75) is 43.1 Å². The van der Waals surface area contributed by atoms with Crippen molar-refractivity contribution in [3.63, 3.8) is 0 Å². The summed E-state index contributed by atoms with van der Waals surface area (Å²) in [5.41, 5.74) is 2.30. The normalized spacial score (nSPS) is 16.8. The van der Waals surface area contributed by atoms with Crippen LogP contribution < -0.4 is 10.9 Å². The Balaban J connectivity index is 1.48. The first-order valence-corrected chi connectivity index (χ1v) is 14.7. The van der Waals surface area contributed by atoms with Gasteiger partial charge in [0.25, 0.3) is 11.5 Å². The molecule has 2 atom stereocenters. The van der Waals surface area contributed by atoms with E-state index in [1.165, 1.54) is 36.9 Å². The zero-order valence-electron chi connectivity index (χ0n) is 22.0. The fraction of sp³-hybridized carbons (Fsp3) is 0.379. The highest BCUT2D eigenvalue weighted by molar-refractivity contribution is 7.92. The van der Waals surface area contributed by atoms with Gasteiger partial charge in [-0.1, -0.05) is 36.4 Å². The first-order valence-electron chi connectivity index (χ1n) is 12.8. The number of aliphatic hydroxyl groups excluding tert-OH is 1. The Morgan fingerprint density at radius 2 is 1.77 bits per heavy atom. The molecular weight excluding hydrogens is 520 g/mol. The van der Waals surface area contributed by atoms with Gasteiger partial charge < -0.3 is 20.3 Å². The zero-order valence-corrected chi connectivity index (χ0v) is 22.9. The highest BCUT2D eigenvalue weighted by atomic mass is 32.2. The molecule has 0 aliphatic carbocycles. The lowest BCUT2D eigenvalue weighted by Crippen LogP contribution is -2.48. The molecule has 3 aromatic rings. The number of carbonyl (C=O) groups is 1. The van der Waals surface area contributed by atoms with Crippen LogP contribution >= 0.6 is 0 Å². The Hall–Kier alpha value is -3.47. The fourth-order valence-corrected chi connectivity index (χ4v) is 5.55. The van der Waals surface area contributed by atoms with Gasteiger partial charge in [-0.05, 0) is 60.6 Å². The minimum Gasteiger partial charge on any atom is -0.507 e. The minimum absolute atomic E-state index is 0.00139. The van der Waals surface area contributed by atoms with Crippen LogP contribution in [-0.4, -0.2) is 59.9 Å². The van der Waals surface area contributed by atoms with Gasteiger partial charge in [0.2, 0.25) is 0 Å². The molecule has 1 aliphatic rings. The van der Waals surface area contributed by atoms with Crippen molar-refractivity contribution in [2.24, 2.45) is 0 Å². The second kappa shape index (κ2) is 11.7. The quantitative estimate of drug-likeness (QED) is 0.370. The average Bonchev–Trinajstić information content (AvgIpc) is 2.92. The van der Waals surface area contributed by atoms with Gasteiger partial charge in [-0.25, -0.2) is 8.42 Å². The molecule has 39 heavy (non-hydrogen) atoms. The van der Waals surface area contributed by atoms with E-state index in [0.29, 0.717) is 11.5 Å². The lowest BCUT2D eigenvalue weighted by Gasteiger charge is -2.30. The number of rotatable bonds is 9. The van der Waals surface area contributed by atoms with E-state index in [1.807, 2.05) is 12.1 Å². The molecule has 1 aromatic heterocycles. The Kier molecular flexibility index (Phi) is 8.58. The number of aliphatic hydroxyl groups is 1. The molecule has 0 radical (unpaired) electrons. The third-order valence-electron chi connectivity index (χ3n) is 7.49. The van der Waals surface area contributed by atoms with E-state index >= 15 is 0 Å². The molecule has 9 nitrogen and oxygen atoms in total. The van der Waals surface area contributed by atoms with E-state index in [1.54, 1.807) is 18.2 Å². The highest BCUT2D eigenvalue weighted by Crippen LogP contribution is 2.30. The molecule has 1 saturated heterocycles. The number of nitrogens with zero attached hydrogens (tertiary/aromatic N) is 1. The highest BCUT2D eigenvalue weighted by Gasteiger charge is 2.39.